The molecular formula is C15H21BrN2O4S. The molecule has 0 spiro atoms. The Bertz CT molecular complexity index is 538. The molecule has 0 aliphatic carbocycles. The van der Waals surface area contributed by atoms with E-state index in [0.29, 0.717) is 35.4 Å². The van der Waals surface area contributed by atoms with Gasteiger partial charge in [-0.1, -0.05) is 6.92 Å². The summed E-state index contributed by atoms with van der Waals surface area (Å²) in [6.45, 7) is 2.77. The summed E-state index contributed by atoms with van der Waals surface area (Å²) in [7, 11) is 1.60. The Labute approximate surface area is 149 Å². The Morgan fingerprint density at radius 1 is 1.43 bits per heavy atom. The number of halogens is 1. The summed E-state index contributed by atoms with van der Waals surface area (Å²) in [4.78, 5) is 12.2. The van der Waals surface area contributed by atoms with Gasteiger partial charge >= 0.3 is 0 Å². The van der Waals surface area contributed by atoms with Gasteiger partial charge in [-0.15, -0.1) is 0 Å². The predicted molar refractivity (Wildman–Crippen MR) is 95.9 cm³/mol. The van der Waals surface area contributed by atoms with Gasteiger partial charge in [0.15, 0.2) is 5.11 Å². The SMILES string of the molecule is CCC(CO)NC(=S)NC(=O)c1ccc(OCCOC)c(Br)c1. The van der Waals surface area contributed by atoms with Crippen LogP contribution < -0.4 is 15.4 Å². The lowest BCUT2D eigenvalue weighted by Gasteiger charge is -2.16. The summed E-state index contributed by atoms with van der Waals surface area (Å²) in [5, 5.41) is 14.8. The van der Waals surface area contributed by atoms with Crippen LogP contribution in [0.4, 0.5) is 0 Å². The van der Waals surface area contributed by atoms with E-state index in [0.717, 1.165) is 0 Å². The highest BCUT2D eigenvalue weighted by molar-refractivity contribution is 9.10. The topological polar surface area (TPSA) is 79.8 Å². The third-order valence-electron chi connectivity index (χ3n) is 3.01. The van der Waals surface area contributed by atoms with Crippen molar-refractivity contribution in [1.82, 2.24) is 10.6 Å². The molecule has 1 amide bonds. The minimum atomic E-state index is -0.334. The summed E-state index contributed by atoms with van der Waals surface area (Å²) in [5.41, 5.74) is 0.442. The van der Waals surface area contributed by atoms with Crippen molar-refractivity contribution in [3.63, 3.8) is 0 Å². The van der Waals surface area contributed by atoms with Crippen molar-refractivity contribution in [2.75, 3.05) is 26.9 Å². The zero-order valence-electron chi connectivity index (χ0n) is 13.1. The molecule has 1 aromatic rings. The van der Waals surface area contributed by atoms with E-state index in [9.17, 15) is 4.79 Å². The maximum atomic E-state index is 12.2. The lowest BCUT2D eigenvalue weighted by Crippen LogP contribution is -2.45. The van der Waals surface area contributed by atoms with E-state index in [1.54, 1.807) is 25.3 Å². The second-order valence-electron chi connectivity index (χ2n) is 4.70. The first-order chi connectivity index (χ1) is 11.0. The molecule has 0 fully saturated rings. The molecule has 0 aliphatic rings. The first-order valence-electron chi connectivity index (χ1n) is 7.15. The lowest BCUT2D eigenvalue weighted by molar-refractivity contribution is 0.0975. The van der Waals surface area contributed by atoms with Crippen LogP contribution in [0.1, 0.15) is 23.7 Å². The van der Waals surface area contributed by atoms with Gasteiger partial charge in [0.05, 0.1) is 23.7 Å². The van der Waals surface area contributed by atoms with E-state index < -0.39 is 0 Å². The van der Waals surface area contributed by atoms with Gasteiger partial charge in [0, 0.05) is 12.7 Å². The zero-order valence-corrected chi connectivity index (χ0v) is 15.5. The molecule has 0 heterocycles. The highest BCUT2D eigenvalue weighted by Gasteiger charge is 2.12. The molecule has 8 heteroatoms. The molecule has 6 nitrogen and oxygen atoms in total. The highest BCUT2D eigenvalue weighted by atomic mass is 79.9. The van der Waals surface area contributed by atoms with Gasteiger partial charge in [-0.25, -0.2) is 0 Å². The summed E-state index contributed by atoms with van der Waals surface area (Å²) < 4.78 is 11.1. The van der Waals surface area contributed by atoms with Gasteiger partial charge in [-0.3, -0.25) is 10.1 Å². The fourth-order valence-electron chi connectivity index (χ4n) is 1.67. The number of rotatable bonds is 8. The van der Waals surface area contributed by atoms with Crippen molar-refractivity contribution < 1.29 is 19.4 Å². The molecule has 1 unspecified atom stereocenters. The van der Waals surface area contributed by atoms with Gasteiger partial charge in [0.2, 0.25) is 0 Å². The number of benzene rings is 1. The Morgan fingerprint density at radius 3 is 2.74 bits per heavy atom. The zero-order chi connectivity index (χ0) is 17.2. The standard InChI is InChI=1S/C15H21BrN2O4S/c1-3-11(9-19)17-15(23)18-14(20)10-4-5-13(12(16)8-10)22-7-6-21-2/h4-5,8,11,19H,3,6-7,9H2,1-2H3,(H2,17,18,20,23). The summed E-state index contributed by atoms with van der Waals surface area (Å²) in [6.07, 6.45) is 0.700. The largest absolute Gasteiger partial charge is 0.490 e. The van der Waals surface area contributed by atoms with Crippen molar-refractivity contribution in [3.05, 3.63) is 28.2 Å². The quantitative estimate of drug-likeness (QED) is 0.453. The maximum absolute atomic E-state index is 12.2. The van der Waals surface area contributed by atoms with E-state index in [2.05, 4.69) is 26.6 Å². The van der Waals surface area contributed by atoms with E-state index in [1.807, 2.05) is 6.92 Å². The van der Waals surface area contributed by atoms with E-state index in [1.165, 1.54) is 0 Å². The number of ether oxygens (including phenoxy) is 2. The number of amides is 1. The van der Waals surface area contributed by atoms with Crippen LogP contribution in [0.15, 0.2) is 22.7 Å². The fraction of sp³-hybridized carbons (Fsp3) is 0.467. The molecule has 1 atom stereocenters. The smallest absolute Gasteiger partial charge is 0.257 e. The number of aliphatic hydroxyl groups excluding tert-OH is 1. The van der Waals surface area contributed by atoms with Crippen molar-refractivity contribution in [3.8, 4) is 5.75 Å². The molecule has 23 heavy (non-hydrogen) atoms. The van der Waals surface area contributed by atoms with E-state index >= 15 is 0 Å². The second kappa shape index (κ2) is 10.5. The van der Waals surface area contributed by atoms with Gasteiger partial charge in [0.25, 0.3) is 5.91 Å². The number of aliphatic hydroxyl groups is 1. The molecule has 3 N–H and O–H groups in total. The molecule has 1 rings (SSSR count). The average molecular weight is 405 g/mol. The van der Waals surface area contributed by atoms with Crippen LogP contribution >= 0.6 is 28.1 Å². The van der Waals surface area contributed by atoms with Crippen LogP contribution in [-0.2, 0) is 4.74 Å². The number of carbonyl (C=O) groups is 1. The van der Waals surface area contributed by atoms with Gasteiger partial charge < -0.3 is 19.9 Å². The first-order valence-corrected chi connectivity index (χ1v) is 8.35. The summed E-state index contributed by atoms with van der Waals surface area (Å²) in [6, 6.07) is 4.83. The summed E-state index contributed by atoms with van der Waals surface area (Å²) in [5.74, 6) is 0.296. The average Bonchev–Trinajstić information content (AvgIpc) is 2.54. The molecule has 0 aromatic heterocycles. The third kappa shape index (κ3) is 6.82. The van der Waals surface area contributed by atoms with E-state index in [4.69, 9.17) is 26.8 Å². The Balaban J connectivity index is 2.62. The Hall–Kier alpha value is -1.22. The fourth-order valence-corrected chi connectivity index (χ4v) is 2.42. The number of hydrogen-bond acceptors (Lipinski definition) is 5. The minimum absolute atomic E-state index is 0.0500. The second-order valence-corrected chi connectivity index (χ2v) is 5.96. The molecule has 128 valence electrons. The van der Waals surface area contributed by atoms with Crippen molar-refractivity contribution in [2.24, 2.45) is 0 Å². The molecule has 1 aromatic carbocycles. The van der Waals surface area contributed by atoms with Crippen LogP contribution in [0.3, 0.4) is 0 Å². The predicted octanol–water partition coefficient (Wildman–Crippen LogP) is 1.85. The Morgan fingerprint density at radius 2 is 2.17 bits per heavy atom. The molecule has 0 aliphatic heterocycles. The molecular weight excluding hydrogens is 384 g/mol. The highest BCUT2D eigenvalue weighted by Crippen LogP contribution is 2.26. The molecule has 0 saturated heterocycles. The van der Waals surface area contributed by atoms with Crippen molar-refractivity contribution in [1.29, 1.82) is 0 Å². The van der Waals surface area contributed by atoms with E-state index in [-0.39, 0.29) is 23.7 Å². The van der Waals surface area contributed by atoms with Crippen LogP contribution in [0.25, 0.3) is 0 Å². The van der Waals surface area contributed by atoms with Crippen LogP contribution in [-0.4, -0.2) is 49.1 Å². The number of hydrogen-bond donors (Lipinski definition) is 3. The van der Waals surface area contributed by atoms with Crippen molar-refractivity contribution in [2.45, 2.75) is 19.4 Å². The number of thiocarbonyl (C=S) groups is 1. The minimum Gasteiger partial charge on any atom is -0.490 e. The van der Waals surface area contributed by atoms with Crippen LogP contribution in [0, 0.1) is 0 Å². The van der Waals surface area contributed by atoms with Gasteiger partial charge in [-0.05, 0) is 52.8 Å². The maximum Gasteiger partial charge on any atom is 0.257 e. The van der Waals surface area contributed by atoms with Gasteiger partial charge in [-0.2, -0.15) is 0 Å². The number of carbonyl (C=O) groups excluding carboxylic acids is 1. The number of nitrogens with one attached hydrogen (secondary N) is 2. The van der Waals surface area contributed by atoms with Gasteiger partial charge in [0.1, 0.15) is 12.4 Å². The summed E-state index contributed by atoms with van der Waals surface area (Å²) >= 11 is 8.43. The number of methoxy groups -OCH3 is 1. The molecule has 0 bridgehead atoms. The first kappa shape index (κ1) is 19.8. The normalized spacial score (nSPS) is 11.7. The lowest BCUT2D eigenvalue weighted by atomic mass is 10.2. The molecule has 0 radical (unpaired) electrons. The third-order valence-corrected chi connectivity index (χ3v) is 3.85. The van der Waals surface area contributed by atoms with Crippen LogP contribution in [0.2, 0.25) is 0 Å². The van der Waals surface area contributed by atoms with Crippen LogP contribution in [0.5, 0.6) is 5.75 Å². The molecule has 0 saturated carbocycles. The van der Waals surface area contributed by atoms with Crippen molar-refractivity contribution >= 4 is 39.2 Å². The monoisotopic (exact) mass is 404 g/mol. The Kier molecular flexibility index (Phi) is 9.08.